The Morgan fingerprint density at radius 3 is 2.62 bits per heavy atom. The standard InChI is InChI=1S/C17H20O4/c1-2-8-20-16-7-6-14(11-18)17(10-16)21-12-13-4-3-5-15(19)9-13/h3-7,9-10,18-19H,2,8,11-12H2,1H3. The molecule has 112 valence electrons. The summed E-state index contributed by atoms with van der Waals surface area (Å²) in [6, 6.07) is 12.3. The van der Waals surface area contributed by atoms with Gasteiger partial charge in [-0.15, -0.1) is 0 Å². The summed E-state index contributed by atoms with van der Waals surface area (Å²) in [4.78, 5) is 0. The van der Waals surface area contributed by atoms with Crippen LogP contribution in [0.15, 0.2) is 42.5 Å². The molecular weight excluding hydrogens is 268 g/mol. The highest BCUT2D eigenvalue weighted by molar-refractivity contribution is 5.40. The van der Waals surface area contributed by atoms with Crippen LogP contribution in [0, 0.1) is 0 Å². The summed E-state index contributed by atoms with van der Waals surface area (Å²) in [6.45, 7) is 2.91. The van der Waals surface area contributed by atoms with E-state index in [0.717, 1.165) is 17.7 Å². The lowest BCUT2D eigenvalue weighted by molar-refractivity contribution is 0.256. The van der Waals surface area contributed by atoms with E-state index in [-0.39, 0.29) is 12.4 Å². The van der Waals surface area contributed by atoms with E-state index in [0.29, 0.717) is 24.5 Å². The second kappa shape index (κ2) is 7.55. The molecule has 0 spiro atoms. The molecule has 0 aliphatic heterocycles. The number of hydrogen-bond acceptors (Lipinski definition) is 4. The van der Waals surface area contributed by atoms with E-state index in [2.05, 4.69) is 0 Å². The first-order chi connectivity index (χ1) is 10.2. The molecule has 0 atom stereocenters. The second-order valence-electron chi connectivity index (χ2n) is 4.73. The molecule has 0 unspecified atom stereocenters. The van der Waals surface area contributed by atoms with Gasteiger partial charge in [0, 0.05) is 11.6 Å². The van der Waals surface area contributed by atoms with Gasteiger partial charge in [-0.05, 0) is 36.2 Å². The lowest BCUT2D eigenvalue weighted by Gasteiger charge is -2.13. The van der Waals surface area contributed by atoms with Gasteiger partial charge in [-0.1, -0.05) is 19.1 Å². The van der Waals surface area contributed by atoms with Gasteiger partial charge in [0.2, 0.25) is 0 Å². The zero-order valence-corrected chi connectivity index (χ0v) is 12.1. The highest BCUT2D eigenvalue weighted by Crippen LogP contribution is 2.26. The molecule has 4 heteroatoms. The van der Waals surface area contributed by atoms with Gasteiger partial charge in [0.15, 0.2) is 0 Å². The maximum atomic E-state index is 9.44. The summed E-state index contributed by atoms with van der Waals surface area (Å²) in [5.74, 6) is 1.52. The van der Waals surface area contributed by atoms with Gasteiger partial charge in [-0.2, -0.15) is 0 Å². The average Bonchev–Trinajstić information content (AvgIpc) is 2.51. The predicted molar refractivity (Wildman–Crippen MR) is 80.6 cm³/mol. The summed E-state index contributed by atoms with van der Waals surface area (Å²) in [6.07, 6.45) is 0.932. The maximum absolute atomic E-state index is 9.44. The molecule has 0 bridgehead atoms. The van der Waals surface area contributed by atoms with E-state index in [9.17, 15) is 10.2 Å². The second-order valence-corrected chi connectivity index (χ2v) is 4.73. The first kappa shape index (κ1) is 15.2. The minimum Gasteiger partial charge on any atom is -0.508 e. The number of aliphatic hydroxyl groups excluding tert-OH is 1. The fraction of sp³-hybridized carbons (Fsp3) is 0.294. The van der Waals surface area contributed by atoms with E-state index in [1.165, 1.54) is 0 Å². The van der Waals surface area contributed by atoms with Crippen LogP contribution in [0.1, 0.15) is 24.5 Å². The minimum absolute atomic E-state index is 0.0938. The van der Waals surface area contributed by atoms with E-state index in [1.807, 2.05) is 19.1 Å². The SMILES string of the molecule is CCCOc1ccc(CO)c(OCc2cccc(O)c2)c1. The normalized spacial score (nSPS) is 10.4. The van der Waals surface area contributed by atoms with Crippen molar-refractivity contribution in [1.29, 1.82) is 0 Å². The molecule has 2 aromatic rings. The molecule has 0 amide bonds. The summed E-state index contributed by atoms with van der Waals surface area (Å²) >= 11 is 0. The van der Waals surface area contributed by atoms with Crippen LogP contribution >= 0.6 is 0 Å². The van der Waals surface area contributed by atoms with Gasteiger partial charge in [-0.3, -0.25) is 0 Å². The Labute approximate surface area is 124 Å². The molecule has 0 saturated heterocycles. The van der Waals surface area contributed by atoms with E-state index >= 15 is 0 Å². The van der Waals surface area contributed by atoms with Crippen molar-refractivity contribution < 1.29 is 19.7 Å². The molecule has 0 heterocycles. The summed E-state index contributed by atoms with van der Waals surface area (Å²) in [7, 11) is 0. The van der Waals surface area contributed by atoms with Crippen molar-refractivity contribution in [2.75, 3.05) is 6.61 Å². The Hall–Kier alpha value is -2.20. The summed E-state index contributed by atoms with van der Waals surface area (Å²) < 4.78 is 11.3. The third-order valence-corrected chi connectivity index (χ3v) is 2.99. The average molecular weight is 288 g/mol. The number of phenols is 1. The monoisotopic (exact) mass is 288 g/mol. The van der Waals surface area contributed by atoms with Gasteiger partial charge in [0.05, 0.1) is 13.2 Å². The van der Waals surface area contributed by atoms with Gasteiger partial charge in [0.25, 0.3) is 0 Å². The number of ether oxygens (including phenoxy) is 2. The van der Waals surface area contributed by atoms with Crippen molar-refractivity contribution in [2.24, 2.45) is 0 Å². The predicted octanol–water partition coefficient (Wildman–Crippen LogP) is 3.25. The molecule has 2 aromatic carbocycles. The lowest BCUT2D eigenvalue weighted by Crippen LogP contribution is -2.01. The number of phenolic OH excluding ortho intramolecular Hbond substituents is 1. The highest BCUT2D eigenvalue weighted by atomic mass is 16.5. The topological polar surface area (TPSA) is 58.9 Å². The van der Waals surface area contributed by atoms with Crippen molar-refractivity contribution in [1.82, 2.24) is 0 Å². The van der Waals surface area contributed by atoms with Gasteiger partial charge in [0.1, 0.15) is 23.9 Å². The Morgan fingerprint density at radius 1 is 1.05 bits per heavy atom. The smallest absolute Gasteiger partial charge is 0.129 e. The van der Waals surface area contributed by atoms with Crippen LogP contribution in [0.5, 0.6) is 17.2 Å². The Morgan fingerprint density at radius 2 is 1.90 bits per heavy atom. The molecule has 2 rings (SSSR count). The van der Waals surface area contributed by atoms with Gasteiger partial charge in [-0.25, -0.2) is 0 Å². The zero-order chi connectivity index (χ0) is 15.1. The molecule has 0 aliphatic carbocycles. The Kier molecular flexibility index (Phi) is 5.46. The fourth-order valence-electron chi connectivity index (χ4n) is 1.92. The van der Waals surface area contributed by atoms with Gasteiger partial charge < -0.3 is 19.7 Å². The van der Waals surface area contributed by atoms with Crippen LogP contribution in [-0.4, -0.2) is 16.8 Å². The first-order valence-corrected chi connectivity index (χ1v) is 7.00. The number of aromatic hydroxyl groups is 1. The molecule has 0 fully saturated rings. The Bertz CT molecular complexity index is 581. The molecular formula is C17H20O4. The van der Waals surface area contributed by atoms with E-state index < -0.39 is 0 Å². The van der Waals surface area contributed by atoms with Crippen molar-refractivity contribution in [3.8, 4) is 17.2 Å². The number of hydrogen-bond donors (Lipinski definition) is 2. The quantitative estimate of drug-likeness (QED) is 0.821. The molecule has 0 saturated carbocycles. The van der Waals surface area contributed by atoms with Crippen molar-refractivity contribution in [3.05, 3.63) is 53.6 Å². The number of benzene rings is 2. The van der Waals surface area contributed by atoms with Crippen molar-refractivity contribution in [2.45, 2.75) is 26.6 Å². The molecule has 0 aliphatic rings. The van der Waals surface area contributed by atoms with Crippen LogP contribution in [0.2, 0.25) is 0 Å². The fourth-order valence-corrected chi connectivity index (χ4v) is 1.92. The number of rotatable bonds is 7. The summed E-state index contributed by atoms with van der Waals surface area (Å²) in [5.41, 5.74) is 1.57. The molecule has 0 radical (unpaired) electrons. The van der Waals surface area contributed by atoms with Crippen LogP contribution in [0.4, 0.5) is 0 Å². The van der Waals surface area contributed by atoms with Crippen LogP contribution in [0.3, 0.4) is 0 Å². The minimum atomic E-state index is -0.0938. The molecule has 4 nitrogen and oxygen atoms in total. The van der Waals surface area contributed by atoms with Crippen molar-refractivity contribution >= 4 is 0 Å². The van der Waals surface area contributed by atoms with E-state index in [1.54, 1.807) is 30.3 Å². The first-order valence-electron chi connectivity index (χ1n) is 7.00. The third-order valence-electron chi connectivity index (χ3n) is 2.99. The zero-order valence-electron chi connectivity index (χ0n) is 12.1. The van der Waals surface area contributed by atoms with E-state index in [4.69, 9.17) is 9.47 Å². The summed E-state index contributed by atoms with van der Waals surface area (Å²) in [5, 5.41) is 18.8. The van der Waals surface area contributed by atoms with Crippen LogP contribution in [0.25, 0.3) is 0 Å². The third kappa shape index (κ3) is 4.39. The van der Waals surface area contributed by atoms with Crippen LogP contribution < -0.4 is 9.47 Å². The molecule has 21 heavy (non-hydrogen) atoms. The molecule has 0 aromatic heterocycles. The van der Waals surface area contributed by atoms with Crippen molar-refractivity contribution in [3.63, 3.8) is 0 Å². The van der Waals surface area contributed by atoms with Crippen LogP contribution in [-0.2, 0) is 13.2 Å². The largest absolute Gasteiger partial charge is 0.508 e. The number of aliphatic hydroxyl groups is 1. The Balaban J connectivity index is 2.09. The lowest BCUT2D eigenvalue weighted by atomic mass is 10.2. The van der Waals surface area contributed by atoms with Gasteiger partial charge >= 0.3 is 0 Å². The highest BCUT2D eigenvalue weighted by Gasteiger charge is 2.06. The maximum Gasteiger partial charge on any atom is 0.129 e. The molecule has 2 N–H and O–H groups in total.